The maximum atomic E-state index is 14.1. The summed E-state index contributed by atoms with van der Waals surface area (Å²) in [5.74, 6) is 1.97. The summed E-state index contributed by atoms with van der Waals surface area (Å²) in [4.78, 5) is 26.9. The van der Waals surface area contributed by atoms with E-state index in [9.17, 15) is 9.59 Å². The number of thioether (sulfide) groups is 1. The van der Waals surface area contributed by atoms with Crippen molar-refractivity contribution in [2.45, 2.75) is 31.1 Å². The highest BCUT2D eigenvalue weighted by Crippen LogP contribution is 2.42. The Morgan fingerprint density at radius 1 is 0.878 bits per heavy atom. The summed E-state index contributed by atoms with van der Waals surface area (Å²) in [6.07, 6.45) is 0.469. The van der Waals surface area contributed by atoms with E-state index in [0.29, 0.717) is 34.5 Å². The zero-order valence-electron chi connectivity index (χ0n) is 27.6. The molecule has 0 fully saturated rings. The van der Waals surface area contributed by atoms with Gasteiger partial charge in [-0.2, -0.15) is 5.10 Å². The van der Waals surface area contributed by atoms with Crippen LogP contribution >= 0.6 is 11.8 Å². The smallest absolute Gasteiger partial charge is 0.253 e. The maximum absolute atomic E-state index is 14.1. The number of nitrogens with one attached hydrogen (secondary N) is 1. The zero-order valence-corrected chi connectivity index (χ0v) is 28.4. The molecule has 0 radical (unpaired) electrons. The van der Waals surface area contributed by atoms with Crippen LogP contribution in [0.15, 0.2) is 107 Å². The minimum absolute atomic E-state index is 0.0303. The molecule has 0 unspecified atom stereocenters. The number of para-hydroxylation sites is 1. The zero-order chi connectivity index (χ0) is 34.3. The fraction of sp³-hybridized carbons (Fsp3) is 0.216. The third-order valence-corrected chi connectivity index (χ3v) is 9.02. The first-order valence-electron chi connectivity index (χ1n) is 15.6. The lowest BCUT2D eigenvalue weighted by molar-refractivity contribution is -0.130. The van der Waals surface area contributed by atoms with Crippen LogP contribution in [0.4, 0.5) is 0 Å². The van der Waals surface area contributed by atoms with Crippen LogP contribution in [0.3, 0.4) is 0 Å². The fourth-order valence-corrected chi connectivity index (χ4v) is 6.52. The number of hydrogen-bond acceptors (Lipinski definition) is 9. The quantitative estimate of drug-likeness (QED) is 0.160. The molecular formula is C37H36N6O5S. The molecule has 1 aliphatic rings. The molecule has 1 aromatic heterocycles. The highest BCUT2D eigenvalue weighted by atomic mass is 32.2. The molecule has 0 spiro atoms. The standard InChI is InChI=1S/C37H36N6O5S/c1-24-10-8-13-27(20-24)42-33(22-38-36(45)26-11-6-5-7-12-26)39-40-37(42)49-23-34(44)43-31(29-14-9-15-32(47-3)35(29)48-4)21-30(41-43)25-16-18-28(46-2)19-17-25/h5-20,31H,21-23H2,1-4H3,(H,38,45)/t31-/m1/s1. The number of aryl methyl sites for hydroxylation is 1. The average Bonchev–Trinajstić information content (AvgIpc) is 3.78. The Balaban J connectivity index is 1.28. The molecule has 11 nitrogen and oxygen atoms in total. The highest BCUT2D eigenvalue weighted by Gasteiger charge is 2.36. The molecule has 4 aromatic carbocycles. The number of aromatic nitrogens is 3. The normalized spacial score (nSPS) is 13.9. The van der Waals surface area contributed by atoms with Gasteiger partial charge in [0.2, 0.25) is 0 Å². The summed E-state index contributed by atoms with van der Waals surface area (Å²) >= 11 is 1.25. The van der Waals surface area contributed by atoms with Gasteiger partial charge in [-0.3, -0.25) is 14.2 Å². The van der Waals surface area contributed by atoms with Crippen molar-refractivity contribution in [2.24, 2.45) is 5.10 Å². The molecule has 12 heteroatoms. The monoisotopic (exact) mass is 676 g/mol. The molecule has 5 aromatic rings. The van der Waals surface area contributed by atoms with Crippen molar-refractivity contribution in [3.8, 4) is 22.9 Å². The topological polar surface area (TPSA) is 120 Å². The summed E-state index contributed by atoms with van der Waals surface area (Å²) in [7, 11) is 4.79. The SMILES string of the molecule is COc1ccc(C2=NN(C(=O)CSc3nnc(CNC(=O)c4ccccc4)n3-c3cccc(C)c3)[C@@H](c3cccc(OC)c3OC)C2)cc1. The number of hydrogen-bond donors (Lipinski definition) is 1. The van der Waals surface area contributed by atoms with Gasteiger partial charge in [0, 0.05) is 23.2 Å². The van der Waals surface area contributed by atoms with Gasteiger partial charge in [0.25, 0.3) is 11.8 Å². The van der Waals surface area contributed by atoms with Gasteiger partial charge in [-0.25, -0.2) is 5.01 Å². The molecule has 1 aliphatic heterocycles. The number of rotatable bonds is 12. The highest BCUT2D eigenvalue weighted by molar-refractivity contribution is 7.99. The van der Waals surface area contributed by atoms with Gasteiger partial charge < -0.3 is 19.5 Å². The van der Waals surface area contributed by atoms with E-state index in [-0.39, 0.29) is 24.1 Å². The maximum Gasteiger partial charge on any atom is 0.253 e. The second-order valence-electron chi connectivity index (χ2n) is 11.2. The molecule has 1 N–H and O–H groups in total. The molecule has 2 heterocycles. The fourth-order valence-electron chi connectivity index (χ4n) is 5.69. The van der Waals surface area contributed by atoms with Crippen molar-refractivity contribution in [2.75, 3.05) is 27.1 Å². The third-order valence-electron chi connectivity index (χ3n) is 8.11. The van der Waals surface area contributed by atoms with Crippen molar-refractivity contribution < 1.29 is 23.8 Å². The van der Waals surface area contributed by atoms with E-state index < -0.39 is 6.04 Å². The van der Waals surface area contributed by atoms with Crippen molar-refractivity contribution >= 4 is 29.3 Å². The summed E-state index contributed by atoms with van der Waals surface area (Å²) in [6, 6.07) is 29.7. The summed E-state index contributed by atoms with van der Waals surface area (Å²) in [6.45, 7) is 2.14. The van der Waals surface area contributed by atoms with Crippen molar-refractivity contribution in [3.63, 3.8) is 0 Å². The van der Waals surface area contributed by atoms with E-state index in [1.165, 1.54) is 16.8 Å². The predicted octanol–water partition coefficient (Wildman–Crippen LogP) is 6.00. The molecule has 250 valence electrons. The average molecular weight is 677 g/mol. The van der Waals surface area contributed by atoms with Crippen LogP contribution in [-0.2, 0) is 11.3 Å². The van der Waals surface area contributed by atoms with Gasteiger partial charge in [0.15, 0.2) is 22.5 Å². The van der Waals surface area contributed by atoms with Crippen LogP contribution in [0.5, 0.6) is 17.2 Å². The number of carbonyl (C=O) groups is 2. The Hall–Kier alpha value is -5.62. The van der Waals surface area contributed by atoms with Crippen LogP contribution < -0.4 is 19.5 Å². The van der Waals surface area contributed by atoms with Crippen molar-refractivity contribution in [1.29, 1.82) is 0 Å². The van der Waals surface area contributed by atoms with Crippen molar-refractivity contribution in [3.05, 3.63) is 125 Å². The Morgan fingerprint density at radius 3 is 2.37 bits per heavy atom. The Morgan fingerprint density at radius 2 is 1.65 bits per heavy atom. The van der Waals surface area contributed by atoms with Crippen LogP contribution in [0.25, 0.3) is 5.69 Å². The Kier molecular flexibility index (Phi) is 10.2. The van der Waals surface area contributed by atoms with Gasteiger partial charge in [-0.15, -0.1) is 10.2 Å². The summed E-state index contributed by atoms with van der Waals surface area (Å²) in [5.41, 5.74) is 4.85. The second kappa shape index (κ2) is 15.1. The molecule has 0 saturated heterocycles. The number of hydrazone groups is 1. The van der Waals surface area contributed by atoms with E-state index in [2.05, 4.69) is 15.5 Å². The lowest BCUT2D eigenvalue weighted by Crippen LogP contribution is -2.29. The second-order valence-corrected chi connectivity index (χ2v) is 12.2. The lowest BCUT2D eigenvalue weighted by atomic mass is 9.97. The van der Waals surface area contributed by atoms with Gasteiger partial charge in [0.1, 0.15) is 5.75 Å². The molecule has 6 rings (SSSR count). The number of ether oxygens (including phenoxy) is 3. The van der Waals surface area contributed by atoms with Gasteiger partial charge in [0.05, 0.1) is 45.4 Å². The number of nitrogens with zero attached hydrogens (tertiary/aromatic N) is 5. The first kappa shape index (κ1) is 33.3. The van der Waals surface area contributed by atoms with Gasteiger partial charge >= 0.3 is 0 Å². The van der Waals surface area contributed by atoms with Crippen LogP contribution in [-0.4, -0.2) is 64.4 Å². The number of benzene rings is 4. The number of methoxy groups -OCH3 is 3. The molecule has 0 bridgehead atoms. The Bertz CT molecular complexity index is 1980. The van der Waals surface area contributed by atoms with Crippen LogP contribution in [0, 0.1) is 6.92 Å². The molecule has 49 heavy (non-hydrogen) atoms. The van der Waals surface area contributed by atoms with E-state index in [0.717, 1.165) is 33.8 Å². The molecule has 2 amide bonds. The van der Waals surface area contributed by atoms with Crippen LogP contribution in [0.1, 0.15) is 45.3 Å². The lowest BCUT2D eigenvalue weighted by Gasteiger charge is -2.24. The number of amides is 2. The Labute approximate surface area is 288 Å². The predicted molar refractivity (Wildman–Crippen MR) is 188 cm³/mol. The molecule has 0 aliphatic carbocycles. The van der Waals surface area contributed by atoms with Gasteiger partial charge in [-0.05, 0) is 72.6 Å². The molecule has 1 atom stereocenters. The molecular weight excluding hydrogens is 641 g/mol. The van der Waals surface area contributed by atoms with Crippen LogP contribution in [0.2, 0.25) is 0 Å². The minimum Gasteiger partial charge on any atom is -0.497 e. The third kappa shape index (κ3) is 7.29. The van der Waals surface area contributed by atoms with E-state index in [4.69, 9.17) is 19.3 Å². The van der Waals surface area contributed by atoms with E-state index >= 15 is 0 Å². The summed E-state index contributed by atoms with van der Waals surface area (Å²) < 4.78 is 18.5. The van der Waals surface area contributed by atoms with Gasteiger partial charge in [-0.1, -0.05) is 54.2 Å². The first-order chi connectivity index (χ1) is 23.9. The van der Waals surface area contributed by atoms with E-state index in [1.807, 2.05) is 96.4 Å². The largest absolute Gasteiger partial charge is 0.497 e. The first-order valence-corrected chi connectivity index (χ1v) is 16.6. The number of carbonyl (C=O) groups excluding carboxylic acids is 2. The van der Waals surface area contributed by atoms with E-state index in [1.54, 1.807) is 33.5 Å². The molecule has 0 saturated carbocycles. The summed E-state index contributed by atoms with van der Waals surface area (Å²) in [5, 5.41) is 18.7. The minimum atomic E-state index is -0.436. The van der Waals surface area contributed by atoms with Crippen molar-refractivity contribution in [1.82, 2.24) is 25.1 Å².